The van der Waals surface area contributed by atoms with E-state index >= 15 is 0 Å². The molecule has 0 aliphatic carbocycles. The van der Waals surface area contributed by atoms with Crippen LogP contribution in [0.1, 0.15) is 18.2 Å². The summed E-state index contributed by atoms with van der Waals surface area (Å²) in [7, 11) is 0. The van der Waals surface area contributed by atoms with E-state index in [-0.39, 0.29) is 5.91 Å². The van der Waals surface area contributed by atoms with Gasteiger partial charge in [0.1, 0.15) is 12.1 Å². The van der Waals surface area contributed by atoms with Crippen LogP contribution in [0.15, 0.2) is 42.9 Å². The van der Waals surface area contributed by atoms with E-state index in [0.717, 1.165) is 11.3 Å². The van der Waals surface area contributed by atoms with Gasteiger partial charge in [-0.15, -0.1) is 0 Å². The molecule has 0 saturated heterocycles. The van der Waals surface area contributed by atoms with Crippen LogP contribution in [-0.4, -0.2) is 26.9 Å². The van der Waals surface area contributed by atoms with Crippen LogP contribution in [0.2, 0.25) is 0 Å². The number of rotatable bonds is 3. The van der Waals surface area contributed by atoms with Crippen molar-refractivity contribution in [1.29, 1.82) is 0 Å². The topological polar surface area (TPSA) is 55.3 Å². The smallest absolute Gasteiger partial charge is 0.264 e. The molecule has 0 fully saturated rings. The van der Waals surface area contributed by atoms with Gasteiger partial charge >= 0.3 is 0 Å². The zero-order valence-corrected chi connectivity index (χ0v) is 11.2. The summed E-state index contributed by atoms with van der Waals surface area (Å²) in [6.45, 7) is 2.85. The molecule has 0 unspecified atom stereocenters. The molecule has 1 aromatic heterocycles. The van der Waals surface area contributed by atoms with Crippen molar-refractivity contribution in [2.45, 2.75) is 26.1 Å². The second-order valence-corrected chi connectivity index (χ2v) is 4.76. The Morgan fingerprint density at radius 1 is 1.30 bits per heavy atom. The number of hydrogen-bond acceptors (Lipinski definition) is 4. The first-order valence-corrected chi connectivity index (χ1v) is 6.52. The van der Waals surface area contributed by atoms with Gasteiger partial charge in [0.15, 0.2) is 6.10 Å². The Morgan fingerprint density at radius 2 is 2.10 bits per heavy atom. The second-order valence-electron chi connectivity index (χ2n) is 4.76. The van der Waals surface area contributed by atoms with Gasteiger partial charge in [0, 0.05) is 18.3 Å². The standard InChI is InChI=1S/C15H15N3O2/c1-11(20-13-5-3-2-4-6-13)15(19)18-8-12-7-16-10-17-14(12)9-18/h2-7,10-11H,8-9H2,1H3/t11-/m1/s1. The highest BCUT2D eigenvalue weighted by molar-refractivity contribution is 5.81. The van der Waals surface area contributed by atoms with Gasteiger partial charge in [-0.25, -0.2) is 9.97 Å². The Morgan fingerprint density at radius 3 is 2.85 bits per heavy atom. The van der Waals surface area contributed by atoms with Gasteiger partial charge in [-0.1, -0.05) is 18.2 Å². The summed E-state index contributed by atoms with van der Waals surface area (Å²) in [6, 6.07) is 9.36. The van der Waals surface area contributed by atoms with Gasteiger partial charge in [-0.2, -0.15) is 0 Å². The van der Waals surface area contributed by atoms with Crippen LogP contribution in [-0.2, 0) is 17.9 Å². The Hall–Kier alpha value is -2.43. The van der Waals surface area contributed by atoms with Gasteiger partial charge < -0.3 is 9.64 Å². The Labute approximate surface area is 117 Å². The highest BCUT2D eigenvalue weighted by Crippen LogP contribution is 2.21. The molecule has 2 aromatic rings. The summed E-state index contributed by atoms with van der Waals surface area (Å²) in [5.41, 5.74) is 1.92. The molecule has 1 atom stereocenters. The Balaban J connectivity index is 1.66. The molecule has 3 rings (SSSR count). The Kier molecular flexibility index (Phi) is 3.33. The minimum Gasteiger partial charge on any atom is -0.481 e. The second kappa shape index (κ2) is 5.28. The number of ether oxygens (including phenoxy) is 1. The lowest BCUT2D eigenvalue weighted by Gasteiger charge is -2.21. The molecule has 0 bridgehead atoms. The fourth-order valence-electron chi connectivity index (χ4n) is 2.27. The van der Waals surface area contributed by atoms with Gasteiger partial charge in [-0.05, 0) is 19.1 Å². The number of carbonyl (C=O) groups excluding carboxylic acids is 1. The van der Waals surface area contributed by atoms with Crippen molar-refractivity contribution in [3.05, 3.63) is 54.1 Å². The van der Waals surface area contributed by atoms with Crippen molar-refractivity contribution < 1.29 is 9.53 Å². The quantitative estimate of drug-likeness (QED) is 0.852. The number of fused-ring (bicyclic) bond motifs is 1. The zero-order chi connectivity index (χ0) is 13.9. The van der Waals surface area contributed by atoms with Gasteiger partial charge in [0.2, 0.25) is 0 Å². The molecular weight excluding hydrogens is 254 g/mol. The number of amides is 1. The molecule has 102 valence electrons. The maximum absolute atomic E-state index is 12.4. The Bertz CT molecular complexity index is 591. The molecule has 0 saturated carbocycles. The highest BCUT2D eigenvalue weighted by Gasteiger charge is 2.28. The van der Waals surface area contributed by atoms with Crippen LogP contribution in [0.25, 0.3) is 0 Å². The molecule has 20 heavy (non-hydrogen) atoms. The fraction of sp³-hybridized carbons (Fsp3) is 0.267. The van der Waals surface area contributed by atoms with Gasteiger partial charge in [0.05, 0.1) is 12.2 Å². The van der Waals surface area contributed by atoms with Crippen LogP contribution in [0.5, 0.6) is 5.75 Å². The average molecular weight is 269 g/mol. The maximum atomic E-state index is 12.4. The van der Waals surface area contributed by atoms with Crippen LogP contribution < -0.4 is 4.74 Å². The minimum atomic E-state index is -0.514. The minimum absolute atomic E-state index is 0.0353. The van der Waals surface area contributed by atoms with E-state index in [4.69, 9.17) is 4.74 Å². The molecular formula is C15H15N3O2. The van der Waals surface area contributed by atoms with E-state index in [1.54, 1.807) is 18.0 Å². The van der Waals surface area contributed by atoms with E-state index in [1.807, 2.05) is 30.3 Å². The van der Waals surface area contributed by atoms with E-state index in [2.05, 4.69) is 9.97 Å². The van der Waals surface area contributed by atoms with Crippen LogP contribution in [0.3, 0.4) is 0 Å². The van der Waals surface area contributed by atoms with E-state index < -0.39 is 6.10 Å². The normalized spacial score (nSPS) is 14.8. The first kappa shape index (κ1) is 12.6. The number of para-hydroxylation sites is 1. The molecule has 1 aliphatic rings. The monoisotopic (exact) mass is 269 g/mol. The molecule has 5 heteroatoms. The molecule has 0 spiro atoms. The number of nitrogens with zero attached hydrogens (tertiary/aromatic N) is 3. The number of hydrogen-bond donors (Lipinski definition) is 0. The van der Waals surface area contributed by atoms with Crippen LogP contribution in [0, 0.1) is 0 Å². The fourth-order valence-corrected chi connectivity index (χ4v) is 2.27. The lowest BCUT2D eigenvalue weighted by Crippen LogP contribution is -2.37. The van der Waals surface area contributed by atoms with Gasteiger partial charge in [-0.3, -0.25) is 4.79 Å². The molecule has 2 heterocycles. The largest absolute Gasteiger partial charge is 0.481 e. The summed E-state index contributed by atoms with van der Waals surface area (Å²) < 4.78 is 5.66. The van der Waals surface area contributed by atoms with Crippen LogP contribution >= 0.6 is 0 Å². The zero-order valence-electron chi connectivity index (χ0n) is 11.2. The van der Waals surface area contributed by atoms with E-state index in [0.29, 0.717) is 18.8 Å². The maximum Gasteiger partial charge on any atom is 0.264 e. The van der Waals surface area contributed by atoms with Crippen molar-refractivity contribution in [3.63, 3.8) is 0 Å². The predicted molar refractivity (Wildman–Crippen MR) is 72.8 cm³/mol. The van der Waals surface area contributed by atoms with E-state index in [1.165, 1.54) is 6.33 Å². The highest BCUT2D eigenvalue weighted by atomic mass is 16.5. The molecule has 1 aromatic carbocycles. The number of aromatic nitrogens is 2. The molecule has 1 aliphatic heterocycles. The summed E-state index contributed by atoms with van der Waals surface area (Å²) in [6.07, 6.45) is 2.76. The van der Waals surface area contributed by atoms with Crippen molar-refractivity contribution in [3.8, 4) is 5.75 Å². The lowest BCUT2D eigenvalue weighted by molar-refractivity contribution is -0.138. The first-order chi connectivity index (χ1) is 9.74. The number of benzene rings is 1. The third kappa shape index (κ3) is 2.47. The van der Waals surface area contributed by atoms with Gasteiger partial charge in [0.25, 0.3) is 5.91 Å². The predicted octanol–water partition coefficient (Wildman–Crippen LogP) is 1.79. The third-order valence-electron chi connectivity index (χ3n) is 3.30. The van der Waals surface area contributed by atoms with Crippen molar-refractivity contribution >= 4 is 5.91 Å². The third-order valence-corrected chi connectivity index (χ3v) is 3.30. The molecule has 1 amide bonds. The van der Waals surface area contributed by atoms with Crippen LogP contribution in [0.4, 0.5) is 0 Å². The summed E-state index contributed by atoms with van der Waals surface area (Å²) >= 11 is 0. The van der Waals surface area contributed by atoms with E-state index in [9.17, 15) is 4.79 Å². The van der Waals surface area contributed by atoms with Crippen molar-refractivity contribution in [2.24, 2.45) is 0 Å². The summed E-state index contributed by atoms with van der Waals surface area (Å²) in [5.74, 6) is 0.664. The van der Waals surface area contributed by atoms with Crippen molar-refractivity contribution in [1.82, 2.24) is 14.9 Å². The molecule has 5 nitrogen and oxygen atoms in total. The number of carbonyl (C=O) groups is 1. The van der Waals surface area contributed by atoms with Crippen molar-refractivity contribution in [2.75, 3.05) is 0 Å². The summed E-state index contributed by atoms with van der Waals surface area (Å²) in [4.78, 5) is 22.3. The lowest BCUT2D eigenvalue weighted by atomic mass is 10.3. The SMILES string of the molecule is C[C@@H](Oc1ccccc1)C(=O)N1Cc2cncnc2C1. The first-order valence-electron chi connectivity index (χ1n) is 6.52. The molecule has 0 N–H and O–H groups in total. The molecule has 0 radical (unpaired) electrons. The summed E-state index contributed by atoms with van der Waals surface area (Å²) in [5, 5.41) is 0. The average Bonchev–Trinajstić information content (AvgIpc) is 2.91.